The Morgan fingerprint density at radius 1 is 0.931 bits per heavy atom. The summed E-state index contributed by atoms with van der Waals surface area (Å²) in [5, 5.41) is 60.8. The molecule has 3 aromatic rings. The summed E-state index contributed by atoms with van der Waals surface area (Å²) >= 11 is 0. The molecule has 12 unspecified atom stereocenters. The van der Waals surface area contributed by atoms with E-state index in [9.17, 15) is 25.5 Å². The number of hydrogen-bond acceptors (Lipinski definition) is 8. The third kappa shape index (κ3) is 8.67. The zero-order valence-electron chi connectivity index (χ0n) is 33.4. The van der Waals surface area contributed by atoms with Crippen LogP contribution in [0.4, 0.5) is 0 Å². The molecule has 58 heavy (non-hydrogen) atoms. The average molecular weight is 786 g/mol. The molecule has 0 bridgehead atoms. The summed E-state index contributed by atoms with van der Waals surface area (Å²) in [6.45, 7) is 2.86. The van der Waals surface area contributed by atoms with Crippen LogP contribution >= 0.6 is 0 Å². The van der Waals surface area contributed by atoms with Crippen LogP contribution in [0.3, 0.4) is 0 Å². The predicted molar refractivity (Wildman–Crippen MR) is 225 cm³/mol. The van der Waals surface area contributed by atoms with E-state index in [1.165, 1.54) is 11.1 Å². The highest BCUT2D eigenvalue weighted by molar-refractivity contribution is 5.52. The number of phenolic OH excluding ortho intramolecular Hbond substituents is 1. The van der Waals surface area contributed by atoms with Crippen LogP contribution in [-0.2, 0) is 19.3 Å². The number of hydrogen-bond donors (Lipinski definition) is 8. The molecule has 9 nitrogen and oxygen atoms in total. The van der Waals surface area contributed by atoms with Crippen molar-refractivity contribution in [3.63, 3.8) is 0 Å². The Hall–Kier alpha value is -4.72. The van der Waals surface area contributed by atoms with Crippen molar-refractivity contribution in [3.8, 4) is 23.3 Å². The lowest BCUT2D eigenvalue weighted by Crippen LogP contribution is -2.50. The molecule has 4 aliphatic carbocycles. The van der Waals surface area contributed by atoms with Gasteiger partial charge in [-0.1, -0.05) is 91.8 Å². The predicted octanol–water partition coefficient (Wildman–Crippen LogP) is 5.95. The molecule has 9 N–H and O–H groups in total. The largest absolute Gasteiger partial charge is 0.504 e. The summed E-state index contributed by atoms with van der Waals surface area (Å²) in [5.41, 5.74) is 12.7. The van der Waals surface area contributed by atoms with E-state index in [0.717, 1.165) is 54.5 Å². The fraction of sp³-hybridized carbons (Fsp3) is 0.469. The van der Waals surface area contributed by atoms with Crippen LogP contribution in [0.1, 0.15) is 73.8 Å². The summed E-state index contributed by atoms with van der Waals surface area (Å²) < 4.78 is 6.69. The molecule has 0 fully saturated rings. The lowest BCUT2D eigenvalue weighted by Gasteiger charge is -2.40. The van der Waals surface area contributed by atoms with Crippen LogP contribution < -0.4 is 15.8 Å². The number of nitrogens with two attached hydrogens (primary N) is 1. The maximum absolute atomic E-state index is 12.0. The van der Waals surface area contributed by atoms with Gasteiger partial charge in [-0.15, -0.1) is 0 Å². The number of phenols is 1. The summed E-state index contributed by atoms with van der Waals surface area (Å²) in [5.74, 6) is 7.20. The third-order valence-corrected chi connectivity index (χ3v) is 13.5. The van der Waals surface area contributed by atoms with Crippen molar-refractivity contribution in [1.82, 2.24) is 10.3 Å². The van der Waals surface area contributed by atoms with Gasteiger partial charge >= 0.3 is 0 Å². The Morgan fingerprint density at radius 2 is 1.76 bits per heavy atom. The molecular formula is C49H59N3O6. The van der Waals surface area contributed by atoms with Crippen LogP contribution in [0.15, 0.2) is 108 Å². The van der Waals surface area contributed by atoms with Crippen molar-refractivity contribution in [2.75, 3.05) is 6.54 Å². The number of aliphatic hydroxyl groups excluding tert-OH is 4. The highest BCUT2D eigenvalue weighted by Gasteiger charge is 2.43. The fourth-order valence-corrected chi connectivity index (χ4v) is 10.3. The normalized spacial score (nSPS) is 31.8. The standard InChI is InChI=1S/C49H59N3O6/c1-29(22-30-8-3-2-4-9-30)31-10-5-6-12-41(53)47-35(16-13-31)23-32-14-15-33-24-43(55)45(28-40(33)39(32)27-44(47)56)58-49-37(17-18-42(54)48(49)57)38(26-36-11-7-20-51-36)34-19-21-52-46(50)25-34/h2-4,7-9,11,17-20,23-25,28-29,31,35,37-39,41-42,44,47-49,51-57H,5-6,10,12,14-15,21-22,26-27,50H2,1H3. The smallest absolute Gasteiger partial charge is 0.161 e. The van der Waals surface area contributed by atoms with Gasteiger partial charge in [0.05, 0.1) is 18.0 Å². The minimum Gasteiger partial charge on any atom is -0.504 e. The second kappa shape index (κ2) is 17.6. The van der Waals surface area contributed by atoms with E-state index >= 15 is 0 Å². The number of rotatable bonds is 9. The first-order chi connectivity index (χ1) is 28.1. The molecule has 2 heterocycles. The van der Waals surface area contributed by atoms with Gasteiger partial charge in [0.25, 0.3) is 0 Å². The highest BCUT2D eigenvalue weighted by Crippen LogP contribution is 2.48. The van der Waals surface area contributed by atoms with Gasteiger partial charge in [-0.05, 0) is 109 Å². The number of allylic oxidation sites excluding steroid dienone is 4. The topological polar surface area (TPSA) is 164 Å². The monoisotopic (exact) mass is 785 g/mol. The molecule has 9 heteroatoms. The summed E-state index contributed by atoms with van der Waals surface area (Å²) in [7, 11) is 0. The second-order valence-electron chi connectivity index (χ2n) is 17.3. The van der Waals surface area contributed by atoms with Crippen molar-refractivity contribution in [2.24, 2.45) is 41.2 Å². The van der Waals surface area contributed by atoms with Crippen molar-refractivity contribution in [2.45, 2.75) is 101 Å². The molecule has 5 aliphatic rings. The van der Waals surface area contributed by atoms with Gasteiger partial charge in [0, 0.05) is 48.0 Å². The zero-order valence-corrected chi connectivity index (χ0v) is 33.4. The van der Waals surface area contributed by atoms with Crippen molar-refractivity contribution < 1.29 is 30.3 Å². The number of nitrogens with one attached hydrogen (secondary N) is 2. The number of aliphatic hydroxyl groups is 4. The number of H-pyrrole nitrogens is 1. The van der Waals surface area contributed by atoms with Crippen LogP contribution in [-0.4, -0.2) is 67.6 Å². The molecule has 1 aliphatic heterocycles. The Balaban J connectivity index is 1.10. The van der Waals surface area contributed by atoms with Crippen LogP contribution in [0, 0.1) is 47.3 Å². The number of aromatic hydroxyl groups is 1. The highest BCUT2D eigenvalue weighted by atomic mass is 16.5. The Labute approximate surface area is 342 Å². The number of aromatic amines is 1. The molecule has 0 amide bonds. The van der Waals surface area contributed by atoms with Crippen molar-refractivity contribution >= 4 is 0 Å². The van der Waals surface area contributed by atoms with Crippen LogP contribution in [0.2, 0.25) is 0 Å². The number of aryl methyl sites for hydroxylation is 1. The van der Waals surface area contributed by atoms with E-state index in [4.69, 9.17) is 10.5 Å². The van der Waals surface area contributed by atoms with Crippen molar-refractivity contribution in [1.29, 1.82) is 0 Å². The van der Waals surface area contributed by atoms with Gasteiger partial charge in [-0.2, -0.15) is 0 Å². The van der Waals surface area contributed by atoms with Crippen LogP contribution in [0.5, 0.6) is 11.5 Å². The number of dihydropyridines is 1. The van der Waals surface area contributed by atoms with E-state index < -0.39 is 36.4 Å². The average Bonchev–Trinajstić information content (AvgIpc) is 3.68. The minimum absolute atomic E-state index is 0.0346. The molecule has 306 valence electrons. The molecule has 0 radical (unpaired) electrons. The molecule has 1 aromatic heterocycles. The molecule has 0 saturated heterocycles. The SMILES string of the molecule is CC(Cc1ccccc1)C1C#CC2C=C3CCc4cc(O)c(OC5C(O)C(O)C=CC5C(Cc5ccc[nH]5)C5=CCNC(N)=C5)cc4C3CC(O)C2C(O)CCCC1. The summed E-state index contributed by atoms with van der Waals surface area (Å²) in [4.78, 5) is 3.31. The maximum atomic E-state index is 12.0. The Kier molecular flexibility index (Phi) is 12.2. The lowest BCUT2D eigenvalue weighted by atomic mass is 9.73. The minimum atomic E-state index is -1.26. The van der Waals surface area contributed by atoms with Gasteiger partial charge in [0.2, 0.25) is 0 Å². The third-order valence-electron chi connectivity index (χ3n) is 13.5. The molecule has 0 spiro atoms. The maximum Gasteiger partial charge on any atom is 0.161 e. The fourth-order valence-electron chi connectivity index (χ4n) is 10.3. The van der Waals surface area contributed by atoms with Crippen molar-refractivity contribution in [3.05, 3.63) is 131 Å². The molecular weight excluding hydrogens is 727 g/mol. The Morgan fingerprint density at radius 3 is 2.55 bits per heavy atom. The van der Waals surface area contributed by atoms with Crippen LogP contribution in [0.25, 0.3) is 0 Å². The number of aromatic nitrogens is 1. The first-order valence-corrected chi connectivity index (χ1v) is 21.3. The summed E-state index contributed by atoms with van der Waals surface area (Å²) in [6, 6.07) is 18.2. The number of benzene rings is 2. The quantitative estimate of drug-likeness (QED) is 0.0975. The van der Waals surface area contributed by atoms with E-state index in [0.29, 0.717) is 44.0 Å². The first kappa shape index (κ1) is 40.1. The van der Waals surface area contributed by atoms with E-state index in [1.54, 1.807) is 12.1 Å². The van der Waals surface area contributed by atoms with E-state index in [1.807, 2.05) is 42.6 Å². The van der Waals surface area contributed by atoms with Gasteiger partial charge in [-0.3, -0.25) is 0 Å². The number of ether oxygens (including phenoxy) is 1. The van der Waals surface area contributed by atoms with E-state index in [2.05, 4.69) is 65.5 Å². The van der Waals surface area contributed by atoms with Gasteiger partial charge in [0.1, 0.15) is 18.3 Å². The van der Waals surface area contributed by atoms with Gasteiger partial charge in [-0.25, -0.2) is 0 Å². The number of fused-ring (bicyclic) bond motifs is 4. The first-order valence-electron chi connectivity index (χ1n) is 21.3. The molecule has 2 aromatic carbocycles. The zero-order chi connectivity index (χ0) is 40.3. The van der Waals surface area contributed by atoms with E-state index in [-0.39, 0.29) is 41.1 Å². The lowest BCUT2D eigenvalue weighted by molar-refractivity contribution is -0.0608. The molecule has 12 atom stereocenters. The second-order valence-corrected chi connectivity index (χ2v) is 17.3. The Bertz CT molecular complexity index is 2080. The summed E-state index contributed by atoms with van der Waals surface area (Å²) in [6.07, 6.45) is 13.8. The molecule has 8 rings (SSSR count). The van der Waals surface area contributed by atoms with Gasteiger partial charge in [0.15, 0.2) is 11.5 Å². The van der Waals surface area contributed by atoms with Gasteiger partial charge < -0.3 is 46.3 Å². The molecule has 0 saturated carbocycles.